The molecule has 0 aliphatic rings. The van der Waals surface area contributed by atoms with E-state index < -0.39 is 0 Å². The van der Waals surface area contributed by atoms with Crippen LogP contribution in [0.15, 0.2) is 23.0 Å². The predicted molar refractivity (Wildman–Crippen MR) is 60.6 cm³/mol. The van der Waals surface area contributed by atoms with Gasteiger partial charge in [0.2, 0.25) is 0 Å². The Bertz CT molecular complexity index is 499. The van der Waals surface area contributed by atoms with Crippen molar-refractivity contribution in [3.05, 3.63) is 24.3 Å². The predicted octanol–water partition coefficient (Wildman–Crippen LogP) is 2.01. The molecule has 2 heterocycles. The quantitative estimate of drug-likeness (QED) is 0.792. The van der Waals surface area contributed by atoms with Gasteiger partial charge in [-0.3, -0.25) is 4.98 Å². The number of aromatic nitrogens is 3. The van der Waals surface area contributed by atoms with Gasteiger partial charge < -0.3 is 10.3 Å². The Kier molecular flexibility index (Phi) is 2.38. The lowest BCUT2D eigenvalue weighted by molar-refractivity contribution is 0.402. The van der Waals surface area contributed by atoms with Crippen LogP contribution >= 0.6 is 0 Å². The summed E-state index contributed by atoms with van der Waals surface area (Å²) in [6, 6.07) is 1.76. The minimum Gasteiger partial charge on any atom is -0.397 e. The van der Waals surface area contributed by atoms with Gasteiger partial charge in [-0.1, -0.05) is 25.9 Å². The van der Waals surface area contributed by atoms with Crippen LogP contribution in [0.1, 0.15) is 26.6 Å². The molecule has 0 amide bonds. The first-order valence-corrected chi connectivity index (χ1v) is 5.02. The first kappa shape index (κ1) is 10.6. The van der Waals surface area contributed by atoms with E-state index in [1.807, 2.05) is 20.8 Å². The van der Waals surface area contributed by atoms with E-state index in [-0.39, 0.29) is 5.41 Å². The molecule has 0 atom stereocenters. The van der Waals surface area contributed by atoms with Crippen LogP contribution in [0.25, 0.3) is 11.5 Å². The van der Waals surface area contributed by atoms with Crippen LogP contribution in [0.5, 0.6) is 0 Å². The molecular weight excluding hydrogens is 204 g/mol. The Hall–Kier alpha value is -1.91. The van der Waals surface area contributed by atoms with Crippen molar-refractivity contribution in [2.75, 3.05) is 5.73 Å². The molecule has 0 saturated heterocycles. The van der Waals surface area contributed by atoms with Crippen molar-refractivity contribution in [2.45, 2.75) is 26.2 Å². The van der Waals surface area contributed by atoms with E-state index >= 15 is 0 Å². The molecule has 2 aromatic heterocycles. The number of anilines is 1. The summed E-state index contributed by atoms with van der Waals surface area (Å²) in [6.07, 6.45) is 3.21. The zero-order valence-corrected chi connectivity index (χ0v) is 9.56. The highest BCUT2D eigenvalue weighted by atomic mass is 16.5. The van der Waals surface area contributed by atoms with Crippen LogP contribution in [0, 0.1) is 0 Å². The van der Waals surface area contributed by atoms with Crippen LogP contribution in [0.4, 0.5) is 5.69 Å². The average molecular weight is 218 g/mol. The van der Waals surface area contributed by atoms with Gasteiger partial charge in [-0.05, 0) is 6.07 Å². The van der Waals surface area contributed by atoms with Gasteiger partial charge in [-0.2, -0.15) is 4.98 Å². The van der Waals surface area contributed by atoms with Crippen LogP contribution in [-0.4, -0.2) is 15.1 Å². The van der Waals surface area contributed by atoms with Gasteiger partial charge in [0.1, 0.15) is 0 Å². The molecule has 0 saturated carbocycles. The van der Waals surface area contributed by atoms with E-state index in [9.17, 15) is 0 Å². The molecule has 2 N–H and O–H groups in total. The van der Waals surface area contributed by atoms with Crippen LogP contribution in [-0.2, 0) is 5.41 Å². The Morgan fingerprint density at radius 2 is 2.06 bits per heavy atom. The Morgan fingerprint density at radius 1 is 1.31 bits per heavy atom. The van der Waals surface area contributed by atoms with Gasteiger partial charge in [-0.15, -0.1) is 0 Å². The molecule has 0 aliphatic carbocycles. The molecule has 5 nitrogen and oxygen atoms in total. The zero-order valence-electron chi connectivity index (χ0n) is 9.56. The first-order valence-electron chi connectivity index (χ1n) is 5.02. The van der Waals surface area contributed by atoms with E-state index in [1.165, 1.54) is 0 Å². The highest BCUT2D eigenvalue weighted by molar-refractivity contribution is 5.68. The number of nitrogens with zero attached hydrogens (tertiary/aromatic N) is 3. The number of hydrogen-bond acceptors (Lipinski definition) is 5. The maximum Gasteiger partial charge on any atom is 0.260 e. The molecule has 0 aromatic carbocycles. The van der Waals surface area contributed by atoms with Crippen molar-refractivity contribution in [2.24, 2.45) is 0 Å². The smallest absolute Gasteiger partial charge is 0.260 e. The molecule has 2 aromatic rings. The summed E-state index contributed by atoms with van der Waals surface area (Å²) in [4.78, 5) is 8.24. The van der Waals surface area contributed by atoms with Gasteiger partial charge in [0.25, 0.3) is 5.89 Å². The average Bonchev–Trinajstić information content (AvgIpc) is 2.66. The number of pyridine rings is 1. The molecule has 2 rings (SSSR count). The van der Waals surface area contributed by atoms with E-state index in [1.54, 1.807) is 18.5 Å². The van der Waals surface area contributed by atoms with Crippen LogP contribution < -0.4 is 5.73 Å². The highest BCUT2D eigenvalue weighted by Crippen LogP contribution is 2.26. The number of hydrogen-bond donors (Lipinski definition) is 1. The monoisotopic (exact) mass is 218 g/mol. The second-order valence-corrected chi connectivity index (χ2v) is 4.64. The molecule has 0 unspecified atom stereocenters. The van der Waals surface area contributed by atoms with Crippen molar-refractivity contribution < 1.29 is 4.52 Å². The molecule has 0 radical (unpaired) electrons. The molecule has 5 heteroatoms. The lowest BCUT2D eigenvalue weighted by Gasteiger charge is -2.10. The highest BCUT2D eigenvalue weighted by Gasteiger charge is 2.22. The Morgan fingerprint density at radius 3 is 2.62 bits per heavy atom. The van der Waals surface area contributed by atoms with Gasteiger partial charge in [0.15, 0.2) is 5.82 Å². The second kappa shape index (κ2) is 3.59. The van der Waals surface area contributed by atoms with E-state index in [0.29, 0.717) is 17.4 Å². The van der Waals surface area contributed by atoms with Crippen LogP contribution in [0.3, 0.4) is 0 Å². The minimum atomic E-state index is -0.135. The summed E-state index contributed by atoms with van der Waals surface area (Å²) < 4.78 is 5.19. The number of nitrogens with two attached hydrogens (primary N) is 1. The number of nitrogen functional groups attached to an aromatic ring is 1. The summed E-state index contributed by atoms with van der Waals surface area (Å²) in [5, 5.41) is 3.94. The summed E-state index contributed by atoms with van der Waals surface area (Å²) in [5.74, 6) is 1.10. The molecule has 84 valence electrons. The lowest BCUT2D eigenvalue weighted by Crippen LogP contribution is -2.13. The third-order valence-electron chi connectivity index (χ3n) is 2.18. The second-order valence-electron chi connectivity index (χ2n) is 4.64. The van der Waals surface area contributed by atoms with E-state index in [4.69, 9.17) is 10.3 Å². The minimum absolute atomic E-state index is 0.135. The summed E-state index contributed by atoms with van der Waals surface area (Å²) in [6.45, 7) is 6.08. The molecule has 0 bridgehead atoms. The first-order chi connectivity index (χ1) is 7.48. The fraction of sp³-hybridized carbons (Fsp3) is 0.364. The normalized spacial score (nSPS) is 11.7. The van der Waals surface area contributed by atoms with Crippen molar-refractivity contribution in [3.63, 3.8) is 0 Å². The Balaban J connectivity index is 2.44. The Labute approximate surface area is 93.7 Å². The summed E-state index contributed by atoms with van der Waals surface area (Å²) in [7, 11) is 0. The molecule has 0 aliphatic heterocycles. The SMILES string of the molecule is CC(C)(C)c1noc(-c2ccncc2N)n1. The van der Waals surface area contributed by atoms with E-state index in [0.717, 1.165) is 5.56 Å². The van der Waals surface area contributed by atoms with Crippen molar-refractivity contribution >= 4 is 5.69 Å². The molecular formula is C11H14N4O. The third kappa shape index (κ3) is 1.88. The van der Waals surface area contributed by atoms with Gasteiger partial charge in [-0.25, -0.2) is 0 Å². The lowest BCUT2D eigenvalue weighted by atomic mass is 9.96. The van der Waals surface area contributed by atoms with Crippen LogP contribution in [0.2, 0.25) is 0 Å². The molecule has 0 fully saturated rings. The van der Waals surface area contributed by atoms with Gasteiger partial charge >= 0.3 is 0 Å². The number of rotatable bonds is 1. The fourth-order valence-corrected chi connectivity index (χ4v) is 1.24. The zero-order chi connectivity index (χ0) is 11.8. The van der Waals surface area contributed by atoms with E-state index in [2.05, 4.69) is 15.1 Å². The fourth-order valence-electron chi connectivity index (χ4n) is 1.24. The maximum absolute atomic E-state index is 5.78. The van der Waals surface area contributed by atoms with Gasteiger partial charge in [0, 0.05) is 11.6 Å². The summed E-state index contributed by atoms with van der Waals surface area (Å²) in [5.41, 5.74) is 6.90. The van der Waals surface area contributed by atoms with Gasteiger partial charge in [0.05, 0.1) is 17.4 Å². The van der Waals surface area contributed by atoms with Crippen molar-refractivity contribution in [1.29, 1.82) is 0 Å². The van der Waals surface area contributed by atoms with Crippen molar-refractivity contribution in [3.8, 4) is 11.5 Å². The largest absolute Gasteiger partial charge is 0.397 e. The maximum atomic E-state index is 5.78. The molecule has 16 heavy (non-hydrogen) atoms. The molecule has 0 spiro atoms. The third-order valence-corrected chi connectivity index (χ3v) is 2.18. The summed E-state index contributed by atoms with van der Waals surface area (Å²) >= 11 is 0. The topological polar surface area (TPSA) is 77.8 Å². The standard InChI is InChI=1S/C11H14N4O/c1-11(2,3)10-14-9(16-15-10)7-4-5-13-6-8(7)12/h4-6H,12H2,1-3H3. The van der Waals surface area contributed by atoms with Crippen molar-refractivity contribution in [1.82, 2.24) is 15.1 Å².